The van der Waals surface area contributed by atoms with Gasteiger partial charge in [0.15, 0.2) is 0 Å². The number of hydrogen-bond acceptors (Lipinski definition) is 2. The van der Waals surface area contributed by atoms with Gasteiger partial charge < -0.3 is 9.31 Å². The van der Waals surface area contributed by atoms with Gasteiger partial charge in [0.25, 0.3) is 0 Å². The number of hydrogen-bond donors (Lipinski definition) is 0. The first-order valence-electron chi connectivity index (χ1n) is 9.80. The van der Waals surface area contributed by atoms with Crippen molar-refractivity contribution in [2.75, 3.05) is 0 Å². The highest BCUT2D eigenvalue weighted by molar-refractivity contribution is 6.62. The van der Waals surface area contributed by atoms with Gasteiger partial charge in [0.2, 0.25) is 0 Å². The molecule has 0 amide bonds. The zero-order valence-corrected chi connectivity index (χ0v) is 15.3. The van der Waals surface area contributed by atoms with Crippen molar-refractivity contribution in [2.45, 2.75) is 76.4 Å². The van der Waals surface area contributed by atoms with Gasteiger partial charge in [-0.2, -0.15) is 0 Å². The van der Waals surface area contributed by atoms with Gasteiger partial charge in [-0.05, 0) is 99.1 Å². The first kappa shape index (κ1) is 14.4. The van der Waals surface area contributed by atoms with Gasteiger partial charge in [-0.3, -0.25) is 0 Å². The molecule has 4 aliphatic carbocycles. The Bertz CT molecular complexity index is 738. The first-order chi connectivity index (χ1) is 11.3. The quantitative estimate of drug-likeness (QED) is 0.728. The summed E-state index contributed by atoms with van der Waals surface area (Å²) in [5.74, 6) is 3.74. The Balaban J connectivity index is 1.40. The first-order valence-corrected chi connectivity index (χ1v) is 9.80. The average molecular weight is 322 g/mol. The van der Waals surface area contributed by atoms with Crippen molar-refractivity contribution in [1.29, 1.82) is 0 Å². The normalized spacial score (nSPS) is 45.2. The summed E-state index contributed by atoms with van der Waals surface area (Å²) in [6, 6.07) is 7.15. The third-order valence-electron chi connectivity index (χ3n) is 8.64. The Kier molecular flexibility index (Phi) is 2.37. The van der Waals surface area contributed by atoms with Crippen LogP contribution in [0.4, 0.5) is 0 Å². The van der Waals surface area contributed by atoms with Crippen LogP contribution >= 0.6 is 0 Å². The lowest BCUT2D eigenvalue weighted by Crippen LogP contribution is -2.41. The summed E-state index contributed by atoms with van der Waals surface area (Å²) in [5, 5.41) is 0. The van der Waals surface area contributed by atoms with E-state index in [1.54, 1.807) is 11.1 Å². The Morgan fingerprint density at radius 2 is 1.71 bits per heavy atom. The molecule has 4 fully saturated rings. The predicted molar refractivity (Wildman–Crippen MR) is 95.5 cm³/mol. The molecule has 3 saturated carbocycles. The third-order valence-corrected chi connectivity index (χ3v) is 8.64. The highest BCUT2D eigenvalue weighted by atomic mass is 16.7. The topological polar surface area (TPSA) is 18.5 Å². The number of rotatable bonds is 1. The lowest BCUT2D eigenvalue weighted by Gasteiger charge is -2.43. The van der Waals surface area contributed by atoms with Gasteiger partial charge in [0.05, 0.1) is 11.2 Å². The van der Waals surface area contributed by atoms with E-state index in [-0.39, 0.29) is 18.3 Å². The van der Waals surface area contributed by atoms with Crippen LogP contribution in [0, 0.1) is 17.3 Å². The van der Waals surface area contributed by atoms with Crippen LogP contribution in [0.1, 0.15) is 76.3 Å². The fourth-order valence-electron chi connectivity index (χ4n) is 6.55. The van der Waals surface area contributed by atoms with Gasteiger partial charge in [-0.25, -0.2) is 0 Å². The summed E-state index contributed by atoms with van der Waals surface area (Å²) in [6.07, 6.45) is 5.86. The van der Waals surface area contributed by atoms with Crippen LogP contribution in [-0.4, -0.2) is 18.3 Å². The molecule has 24 heavy (non-hydrogen) atoms. The molecule has 5 atom stereocenters. The van der Waals surface area contributed by atoms with Gasteiger partial charge in [-0.1, -0.05) is 18.2 Å². The van der Waals surface area contributed by atoms with E-state index in [9.17, 15) is 0 Å². The second-order valence-corrected chi connectivity index (χ2v) is 10.2. The van der Waals surface area contributed by atoms with Crippen LogP contribution in [0.3, 0.4) is 0 Å². The number of fused-ring (bicyclic) bond motifs is 4. The smallest absolute Gasteiger partial charge is 0.399 e. The summed E-state index contributed by atoms with van der Waals surface area (Å²) in [4.78, 5) is 0. The second kappa shape index (κ2) is 3.96. The molecule has 1 aliphatic heterocycles. The van der Waals surface area contributed by atoms with E-state index >= 15 is 0 Å². The molecule has 1 spiro atoms. The largest absolute Gasteiger partial charge is 0.494 e. The number of benzene rings is 1. The third kappa shape index (κ3) is 1.53. The highest BCUT2D eigenvalue weighted by Gasteiger charge is 2.71. The van der Waals surface area contributed by atoms with Gasteiger partial charge in [0.1, 0.15) is 0 Å². The zero-order chi connectivity index (χ0) is 16.5. The second-order valence-electron chi connectivity index (χ2n) is 10.2. The molecule has 126 valence electrons. The summed E-state index contributed by atoms with van der Waals surface area (Å²) < 4.78 is 12.6. The van der Waals surface area contributed by atoms with Crippen LogP contribution < -0.4 is 5.46 Å². The van der Waals surface area contributed by atoms with E-state index < -0.39 is 0 Å². The molecule has 5 aliphatic rings. The maximum atomic E-state index is 6.30. The molecule has 1 heterocycles. The van der Waals surface area contributed by atoms with E-state index in [1.165, 1.54) is 31.1 Å². The monoisotopic (exact) mass is 322 g/mol. The van der Waals surface area contributed by atoms with Crippen molar-refractivity contribution in [3.05, 3.63) is 29.3 Å². The van der Waals surface area contributed by atoms with Gasteiger partial charge in [-0.15, -0.1) is 0 Å². The standard InChI is InChI=1S/C21H27BO2/c1-19(2)20(3,4)24-22(23-19)14-5-6-15-16(9-14)12-7-13-10-21(11-18(15)21)17(13)8-12/h5-6,9,12-13,17-18H,7-8,10-11H2,1-4H3. The fourth-order valence-corrected chi connectivity index (χ4v) is 6.55. The van der Waals surface area contributed by atoms with Crippen molar-refractivity contribution < 1.29 is 9.31 Å². The average Bonchev–Trinajstić information content (AvgIpc) is 3.07. The van der Waals surface area contributed by atoms with E-state index in [2.05, 4.69) is 45.9 Å². The fraction of sp³-hybridized carbons (Fsp3) is 0.714. The van der Waals surface area contributed by atoms with E-state index in [4.69, 9.17) is 9.31 Å². The molecule has 6 rings (SSSR count). The van der Waals surface area contributed by atoms with Gasteiger partial charge in [0, 0.05) is 0 Å². The minimum absolute atomic E-state index is 0.219. The zero-order valence-electron chi connectivity index (χ0n) is 15.3. The molecule has 1 saturated heterocycles. The molecular weight excluding hydrogens is 295 g/mol. The van der Waals surface area contributed by atoms with E-state index in [1.807, 2.05) is 0 Å². The van der Waals surface area contributed by atoms with E-state index in [0.717, 1.165) is 29.1 Å². The summed E-state index contributed by atoms with van der Waals surface area (Å²) in [6.45, 7) is 8.55. The van der Waals surface area contributed by atoms with Crippen LogP contribution in [0.25, 0.3) is 0 Å². The maximum Gasteiger partial charge on any atom is 0.494 e. The lowest BCUT2D eigenvalue weighted by molar-refractivity contribution is 0.00578. The lowest BCUT2D eigenvalue weighted by atomic mass is 9.62. The predicted octanol–water partition coefficient (Wildman–Crippen LogP) is 3.99. The molecule has 1 aromatic rings. The molecule has 5 unspecified atom stereocenters. The van der Waals surface area contributed by atoms with Crippen molar-refractivity contribution in [2.24, 2.45) is 17.3 Å². The minimum atomic E-state index is -0.259. The Morgan fingerprint density at radius 1 is 0.958 bits per heavy atom. The molecule has 2 bridgehead atoms. The van der Waals surface area contributed by atoms with Crippen molar-refractivity contribution in [1.82, 2.24) is 0 Å². The molecule has 2 nitrogen and oxygen atoms in total. The Hall–Kier alpha value is -0.795. The molecule has 0 radical (unpaired) electrons. The van der Waals surface area contributed by atoms with Crippen molar-refractivity contribution in [3.8, 4) is 0 Å². The molecule has 0 aromatic heterocycles. The minimum Gasteiger partial charge on any atom is -0.399 e. The molecular formula is C21H27BO2. The van der Waals surface area contributed by atoms with Crippen molar-refractivity contribution >= 4 is 12.6 Å². The van der Waals surface area contributed by atoms with Crippen LogP contribution in [0.5, 0.6) is 0 Å². The van der Waals surface area contributed by atoms with Crippen LogP contribution in [0.2, 0.25) is 0 Å². The molecule has 0 N–H and O–H groups in total. The molecule has 1 aromatic carbocycles. The highest BCUT2D eigenvalue weighted by Crippen LogP contribution is 2.81. The summed E-state index contributed by atoms with van der Waals surface area (Å²) in [7, 11) is -0.219. The van der Waals surface area contributed by atoms with E-state index in [0.29, 0.717) is 0 Å². The SMILES string of the molecule is CC1(C)OB(c2ccc3c(c2)C2CC4CC5(CC35)C4C2)OC1(C)C. The molecule has 3 heteroatoms. The maximum absolute atomic E-state index is 6.30. The summed E-state index contributed by atoms with van der Waals surface area (Å²) in [5.41, 5.74) is 4.74. The van der Waals surface area contributed by atoms with Crippen molar-refractivity contribution in [3.63, 3.8) is 0 Å². The Labute approximate surface area is 145 Å². The van der Waals surface area contributed by atoms with Crippen LogP contribution in [-0.2, 0) is 9.31 Å². The van der Waals surface area contributed by atoms with Crippen LogP contribution in [0.15, 0.2) is 18.2 Å². The summed E-state index contributed by atoms with van der Waals surface area (Å²) >= 11 is 0. The Morgan fingerprint density at radius 3 is 2.46 bits per heavy atom. The van der Waals surface area contributed by atoms with Gasteiger partial charge >= 0.3 is 7.12 Å².